The smallest absolute Gasteiger partial charge is 0.243 e. The molecule has 1 aliphatic rings. The first-order chi connectivity index (χ1) is 16.2. The van der Waals surface area contributed by atoms with Crippen LogP contribution < -0.4 is 10.1 Å². The number of fused-ring (bicyclic) bond motifs is 3. The highest BCUT2D eigenvalue weighted by molar-refractivity contribution is 6.13. The first-order valence-electron chi connectivity index (χ1n) is 10.8. The normalized spacial score (nSPS) is 18.1. The summed E-state index contributed by atoms with van der Waals surface area (Å²) < 4.78 is 6.42. The van der Waals surface area contributed by atoms with Crippen LogP contribution in [-0.4, -0.2) is 23.3 Å². The van der Waals surface area contributed by atoms with E-state index in [1.54, 1.807) is 0 Å². The number of ether oxygens (including phenoxy) is 1. The summed E-state index contributed by atoms with van der Waals surface area (Å²) in [5.41, 5.74) is 1.64. The fourth-order valence-corrected chi connectivity index (χ4v) is 5.03. The molecule has 0 saturated heterocycles. The molecule has 2 unspecified atom stereocenters. The van der Waals surface area contributed by atoms with Gasteiger partial charge in [-0.25, -0.2) is 0 Å². The molecule has 33 heavy (non-hydrogen) atoms. The van der Waals surface area contributed by atoms with Crippen LogP contribution in [0.5, 0.6) is 5.75 Å². The summed E-state index contributed by atoms with van der Waals surface area (Å²) in [7, 11) is 0. The Balaban J connectivity index is 1.61. The molecule has 160 valence electrons. The lowest BCUT2D eigenvalue weighted by atomic mass is 9.71. The maximum atomic E-state index is 13.8. The minimum absolute atomic E-state index is 0.286. The first kappa shape index (κ1) is 19.3. The molecule has 2 atom stereocenters. The second kappa shape index (κ2) is 7.35. The number of anilines is 1. The quantitative estimate of drug-likeness (QED) is 0.375. The third kappa shape index (κ3) is 2.72. The summed E-state index contributed by atoms with van der Waals surface area (Å²) in [6.07, 6.45) is 1.46. The number of hydrogen-bond donors (Lipinski definition) is 2. The van der Waals surface area contributed by atoms with Crippen LogP contribution in [0, 0.1) is 0 Å². The molecule has 4 aromatic carbocycles. The molecule has 1 aromatic heterocycles. The maximum Gasteiger partial charge on any atom is 0.243 e. The van der Waals surface area contributed by atoms with Crippen LogP contribution in [0.4, 0.5) is 5.69 Å². The minimum Gasteiger partial charge on any atom is -0.480 e. The molecule has 2 heterocycles. The highest BCUT2D eigenvalue weighted by Gasteiger charge is 2.56. The van der Waals surface area contributed by atoms with E-state index in [0.29, 0.717) is 17.0 Å². The molecule has 1 aliphatic heterocycles. The van der Waals surface area contributed by atoms with Gasteiger partial charge < -0.3 is 15.0 Å². The van der Waals surface area contributed by atoms with E-state index in [0.717, 1.165) is 33.5 Å². The number of nitrogens with one attached hydrogen (secondary N) is 2. The lowest BCUT2D eigenvalue weighted by molar-refractivity contribution is -0.127. The van der Waals surface area contributed by atoms with E-state index in [4.69, 9.17) is 4.74 Å². The lowest BCUT2D eigenvalue weighted by Gasteiger charge is -2.33. The van der Waals surface area contributed by atoms with Gasteiger partial charge in [-0.3, -0.25) is 9.59 Å². The van der Waals surface area contributed by atoms with Crippen molar-refractivity contribution in [3.8, 4) is 5.75 Å². The molecule has 2 N–H and O–H groups in total. The second-order valence-electron chi connectivity index (χ2n) is 8.21. The number of rotatable bonds is 5. The number of aldehydes is 1. The van der Waals surface area contributed by atoms with Crippen LogP contribution >= 0.6 is 0 Å². The van der Waals surface area contributed by atoms with Gasteiger partial charge in [-0.15, -0.1) is 0 Å². The number of carbonyl (C=O) groups is 2. The third-order valence-corrected chi connectivity index (χ3v) is 6.53. The molecule has 1 amide bonds. The van der Waals surface area contributed by atoms with Crippen molar-refractivity contribution in [2.45, 2.75) is 11.5 Å². The van der Waals surface area contributed by atoms with Gasteiger partial charge in [0, 0.05) is 33.7 Å². The zero-order valence-corrected chi connectivity index (χ0v) is 17.6. The van der Waals surface area contributed by atoms with Gasteiger partial charge in [0.2, 0.25) is 5.91 Å². The summed E-state index contributed by atoms with van der Waals surface area (Å²) >= 11 is 0. The fourth-order valence-electron chi connectivity index (χ4n) is 5.03. The summed E-state index contributed by atoms with van der Waals surface area (Å²) in [5, 5.41) is 5.74. The average molecular weight is 432 g/mol. The molecule has 5 nitrogen and oxygen atoms in total. The van der Waals surface area contributed by atoms with Crippen molar-refractivity contribution < 1.29 is 14.3 Å². The predicted molar refractivity (Wildman–Crippen MR) is 129 cm³/mol. The number of aromatic amines is 1. The Morgan fingerprint density at radius 1 is 0.788 bits per heavy atom. The van der Waals surface area contributed by atoms with Crippen LogP contribution in [0.25, 0.3) is 21.7 Å². The highest BCUT2D eigenvalue weighted by atomic mass is 16.5. The number of aromatic nitrogens is 1. The van der Waals surface area contributed by atoms with E-state index in [-0.39, 0.29) is 5.91 Å². The number of benzene rings is 4. The van der Waals surface area contributed by atoms with E-state index in [1.165, 1.54) is 0 Å². The molecule has 5 aromatic rings. The van der Waals surface area contributed by atoms with Gasteiger partial charge >= 0.3 is 0 Å². The molecule has 0 fully saturated rings. The van der Waals surface area contributed by atoms with E-state index in [2.05, 4.69) is 10.3 Å². The topological polar surface area (TPSA) is 71.2 Å². The average Bonchev–Trinajstić information content (AvgIpc) is 3.41. The fraction of sp³-hybridized carbons (Fsp3) is 0.0714. The van der Waals surface area contributed by atoms with Gasteiger partial charge in [0.25, 0.3) is 0 Å². The molecular weight excluding hydrogens is 412 g/mol. The van der Waals surface area contributed by atoms with Crippen molar-refractivity contribution in [3.05, 3.63) is 108 Å². The Labute approximate surface area is 190 Å². The van der Waals surface area contributed by atoms with Gasteiger partial charge in [0.05, 0.1) is 0 Å². The first-order valence-corrected chi connectivity index (χ1v) is 10.8. The van der Waals surface area contributed by atoms with Gasteiger partial charge in [0.15, 0.2) is 12.4 Å². The Kier molecular flexibility index (Phi) is 4.30. The van der Waals surface area contributed by atoms with E-state index >= 15 is 0 Å². The number of H-pyrrole nitrogens is 1. The minimum atomic E-state index is -1.35. The molecule has 6 rings (SSSR count). The Morgan fingerprint density at radius 3 is 2.39 bits per heavy atom. The van der Waals surface area contributed by atoms with Crippen LogP contribution in [-0.2, 0) is 15.0 Å². The molecule has 0 spiro atoms. The molecular formula is C28H20N2O3. The van der Waals surface area contributed by atoms with Crippen molar-refractivity contribution >= 4 is 39.6 Å². The zero-order chi connectivity index (χ0) is 22.4. The number of para-hydroxylation sites is 2. The van der Waals surface area contributed by atoms with E-state index in [9.17, 15) is 9.59 Å². The zero-order valence-electron chi connectivity index (χ0n) is 17.6. The molecule has 5 heteroatoms. The largest absolute Gasteiger partial charge is 0.480 e. The monoisotopic (exact) mass is 432 g/mol. The van der Waals surface area contributed by atoms with Gasteiger partial charge in [-0.2, -0.15) is 0 Å². The third-order valence-electron chi connectivity index (χ3n) is 6.53. The van der Waals surface area contributed by atoms with Crippen LogP contribution in [0.3, 0.4) is 0 Å². The maximum absolute atomic E-state index is 13.8. The lowest BCUT2D eigenvalue weighted by Crippen LogP contribution is -2.50. The predicted octanol–water partition coefficient (Wildman–Crippen LogP) is 5.21. The van der Waals surface area contributed by atoms with Crippen molar-refractivity contribution in [3.63, 3.8) is 0 Å². The van der Waals surface area contributed by atoms with Crippen LogP contribution in [0.1, 0.15) is 11.1 Å². The summed E-state index contributed by atoms with van der Waals surface area (Å²) in [6, 6.07) is 28.8. The molecule has 0 aliphatic carbocycles. The van der Waals surface area contributed by atoms with Gasteiger partial charge in [0.1, 0.15) is 11.2 Å². The highest BCUT2D eigenvalue weighted by Crippen LogP contribution is 2.48. The number of carbonyl (C=O) groups excluding carboxylic acids is 2. The van der Waals surface area contributed by atoms with Crippen molar-refractivity contribution in [1.82, 2.24) is 4.98 Å². The summed E-state index contributed by atoms with van der Waals surface area (Å²) in [5.74, 6) is 0.271. The molecule has 0 bridgehead atoms. The Morgan fingerprint density at radius 2 is 1.52 bits per heavy atom. The van der Waals surface area contributed by atoms with Crippen LogP contribution in [0.2, 0.25) is 0 Å². The Bertz CT molecular complexity index is 1530. The van der Waals surface area contributed by atoms with E-state index < -0.39 is 11.5 Å². The van der Waals surface area contributed by atoms with Crippen molar-refractivity contribution in [2.24, 2.45) is 0 Å². The standard InChI is InChI=1S/C28H20N2O3/c31-17-26(33-25-15-7-9-18-8-1-2-10-19(18)25)28(21-12-4-6-14-24(21)30-27(28)32)22-16-29-23-13-5-3-11-20(22)23/h1-17,26,29H,(H,30,32). The molecule has 0 saturated carbocycles. The second-order valence-corrected chi connectivity index (χ2v) is 8.21. The summed E-state index contributed by atoms with van der Waals surface area (Å²) in [4.78, 5) is 29.8. The van der Waals surface area contributed by atoms with Gasteiger partial charge in [-0.05, 0) is 29.1 Å². The molecule has 0 radical (unpaired) electrons. The van der Waals surface area contributed by atoms with Crippen molar-refractivity contribution in [1.29, 1.82) is 0 Å². The van der Waals surface area contributed by atoms with Crippen LogP contribution in [0.15, 0.2) is 97.2 Å². The number of hydrogen-bond acceptors (Lipinski definition) is 3. The van der Waals surface area contributed by atoms with Crippen molar-refractivity contribution in [2.75, 3.05) is 5.32 Å². The SMILES string of the molecule is O=CC(Oc1cccc2ccccc12)C1(c2c[nH]c3ccccc23)C(=O)Nc2ccccc21. The van der Waals surface area contributed by atoms with Gasteiger partial charge in [-0.1, -0.05) is 72.8 Å². The van der Waals surface area contributed by atoms with E-state index in [1.807, 2.05) is 97.2 Å². The number of amides is 1. The Hall–Kier alpha value is -4.38. The summed E-state index contributed by atoms with van der Waals surface area (Å²) in [6.45, 7) is 0.